The molecule has 0 fully saturated rings. The Morgan fingerprint density at radius 2 is 1.61 bits per heavy atom. The van der Waals surface area contributed by atoms with Crippen LogP contribution >= 0.6 is 0 Å². The number of carbonyl (C=O) groups is 1. The molecule has 5 rings (SSSR count). The lowest BCUT2D eigenvalue weighted by Crippen LogP contribution is -2.11. The lowest BCUT2D eigenvalue weighted by Gasteiger charge is -2.17. The van der Waals surface area contributed by atoms with Gasteiger partial charge in [0.05, 0.1) is 24.2 Å². The van der Waals surface area contributed by atoms with E-state index in [1.165, 1.54) is 12.1 Å². The number of hydrogen-bond acceptors (Lipinski definition) is 4. The topological polar surface area (TPSA) is 76.2 Å². The normalized spacial score (nSPS) is 12.7. The van der Waals surface area contributed by atoms with Gasteiger partial charge in [-0.15, -0.1) is 0 Å². The first-order valence-electron chi connectivity index (χ1n) is 12.1. The molecule has 2 aromatic carbocycles. The maximum atomic E-state index is 13.3. The highest BCUT2D eigenvalue weighted by molar-refractivity contribution is 6.35. The summed E-state index contributed by atoms with van der Waals surface area (Å²) < 4.78 is 21.2. The monoisotopic (exact) mass is 483 g/mol. The van der Waals surface area contributed by atoms with Gasteiger partial charge in [0.25, 0.3) is 0 Å². The van der Waals surface area contributed by atoms with E-state index in [0.717, 1.165) is 64.3 Å². The van der Waals surface area contributed by atoms with Crippen molar-refractivity contribution in [2.75, 3.05) is 6.61 Å². The molecule has 0 spiro atoms. The van der Waals surface area contributed by atoms with Crippen LogP contribution in [-0.2, 0) is 4.79 Å². The summed E-state index contributed by atoms with van der Waals surface area (Å²) in [7, 11) is 0. The fourth-order valence-corrected chi connectivity index (χ4v) is 4.24. The maximum Gasteiger partial charge on any atom is 0.303 e. The van der Waals surface area contributed by atoms with Gasteiger partial charge in [0, 0.05) is 41.1 Å². The highest BCUT2D eigenvalue weighted by Gasteiger charge is 2.19. The van der Waals surface area contributed by atoms with E-state index in [1.807, 2.05) is 48.8 Å². The molecule has 0 unspecified atom stereocenters. The number of ether oxygens (including phenoxy) is 1. The van der Waals surface area contributed by atoms with Crippen molar-refractivity contribution >= 4 is 22.9 Å². The van der Waals surface area contributed by atoms with Crippen LogP contribution in [0.1, 0.15) is 43.2 Å². The number of carboxylic acids is 1. The van der Waals surface area contributed by atoms with Gasteiger partial charge in [0.15, 0.2) is 0 Å². The maximum absolute atomic E-state index is 13.3. The number of carboxylic acid groups (broad SMARTS) is 1. The molecule has 3 heterocycles. The van der Waals surface area contributed by atoms with Crippen LogP contribution in [0.4, 0.5) is 4.39 Å². The SMILES string of the molecule is O=C(O)CCCCCCOc1ccc(-c2cnc3ccc(C4=CN=C4c4ccc(F)cc4)cn23)cc1. The van der Waals surface area contributed by atoms with Gasteiger partial charge in [-0.3, -0.25) is 14.2 Å². The van der Waals surface area contributed by atoms with Crippen molar-refractivity contribution in [2.45, 2.75) is 32.1 Å². The minimum Gasteiger partial charge on any atom is -0.494 e. The van der Waals surface area contributed by atoms with Crippen molar-refractivity contribution in [3.8, 4) is 17.0 Å². The Hall–Kier alpha value is -4.26. The van der Waals surface area contributed by atoms with E-state index in [9.17, 15) is 9.18 Å². The Morgan fingerprint density at radius 3 is 2.33 bits per heavy atom. The van der Waals surface area contributed by atoms with Crippen LogP contribution in [0, 0.1) is 5.82 Å². The Bertz CT molecular complexity index is 1440. The van der Waals surface area contributed by atoms with Gasteiger partial charge in [0.2, 0.25) is 0 Å². The van der Waals surface area contributed by atoms with Crippen molar-refractivity contribution in [3.63, 3.8) is 0 Å². The Labute approximate surface area is 208 Å². The molecule has 182 valence electrons. The molecule has 4 aromatic rings. The van der Waals surface area contributed by atoms with Gasteiger partial charge in [0.1, 0.15) is 17.2 Å². The largest absolute Gasteiger partial charge is 0.494 e. The van der Waals surface area contributed by atoms with Crippen molar-refractivity contribution in [3.05, 3.63) is 96.2 Å². The van der Waals surface area contributed by atoms with Crippen molar-refractivity contribution in [1.82, 2.24) is 9.38 Å². The summed E-state index contributed by atoms with van der Waals surface area (Å²) in [6.45, 7) is 0.610. The van der Waals surface area contributed by atoms with E-state index >= 15 is 0 Å². The molecule has 0 saturated carbocycles. The zero-order valence-electron chi connectivity index (χ0n) is 19.7. The van der Waals surface area contributed by atoms with Crippen molar-refractivity contribution in [2.24, 2.45) is 4.99 Å². The standard InChI is InChI=1S/C29H26FN3O3/c30-23-11-6-21(7-12-23)29-25(17-32-29)22-10-15-27-31-18-26(33(27)19-22)20-8-13-24(14-9-20)36-16-4-2-1-3-5-28(34)35/h6-15,17-19H,1-5,16H2,(H,34,35). The fourth-order valence-electron chi connectivity index (χ4n) is 4.24. The average molecular weight is 484 g/mol. The highest BCUT2D eigenvalue weighted by Crippen LogP contribution is 2.30. The summed E-state index contributed by atoms with van der Waals surface area (Å²) in [6.07, 6.45) is 9.44. The molecule has 36 heavy (non-hydrogen) atoms. The number of halogens is 1. The molecule has 1 aliphatic rings. The summed E-state index contributed by atoms with van der Waals surface area (Å²) in [5, 5.41) is 8.68. The second kappa shape index (κ2) is 10.6. The number of rotatable bonds is 11. The number of allylic oxidation sites excluding steroid dienone is 1. The van der Waals surface area contributed by atoms with Crippen molar-refractivity contribution in [1.29, 1.82) is 0 Å². The molecule has 0 bridgehead atoms. The first-order valence-corrected chi connectivity index (χ1v) is 12.1. The van der Waals surface area contributed by atoms with Gasteiger partial charge in [-0.05, 0) is 73.5 Å². The minimum absolute atomic E-state index is 0.230. The molecule has 2 aromatic heterocycles. The molecule has 0 saturated heterocycles. The van der Waals surface area contributed by atoms with Gasteiger partial charge < -0.3 is 9.84 Å². The second-order valence-electron chi connectivity index (χ2n) is 8.75. The average Bonchev–Trinajstić information content (AvgIpc) is 3.28. The van der Waals surface area contributed by atoms with Crippen LogP contribution in [-0.4, -0.2) is 32.8 Å². The molecule has 7 heteroatoms. The lowest BCUT2D eigenvalue weighted by molar-refractivity contribution is -0.137. The third-order valence-electron chi connectivity index (χ3n) is 6.22. The second-order valence-corrected chi connectivity index (χ2v) is 8.75. The molecular weight excluding hydrogens is 457 g/mol. The summed E-state index contributed by atoms with van der Waals surface area (Å²) >= 11 is 0. The van der Waals surface area contributed by atoms with Crippen LogP contribution in [0.3, 0.4) is 0 Å². The molecule has 0 aliphatic carbocycles. The molecule has 6 nitrogen and oxygen atoms in total. The third kappa shape index (κ3) is 5.20. The number of imidazole rings is 1. The number of aliphatic carboxylic acids is 1. The molecule has 0 amide bonds. The fraction of sp³-hybridized carbons (Fsp3) is 0.207. The lowest BCUT2D eigenvalue weighted by atomic mass is 9.94. The number of unbranched alkanes of at least 4 members (excludes halogenated alkanes) is 3. The summed E-state index contributed by atoms with van der Waals surface area (Å²) in [6, 6.07) is 18.3. The number of pyridine rings is 1. The molecule has 1 aliphatic heterocycles. The Kier molecular flexibility index (Phi) is 6.89. The predicted molar refractivity (Wildman–Crippen MR) is 138 cm³/mol. The minimum atomic E-state index is -0.739. The quantitative estimate of drug-likeness (QED) is 0.251. The summed E-state index contributed by atoms with van der Waals surface area (Å²) in [5.41, 5.74) is 6.59. The van der Waals surface area contributed by atoms with Gasteiger partial charge in [-0.25, -0.2) is 9.37 Å². The number of benzene rings is 2. The first kappa shape index (κ1) is 23.5. The van der Waals surface area contributed by atoms with E-state index in [1.54, 1.807) is 12.1 Å². The van der Waals surface area contributed by atoms with Crippen molar-refractivity contribution < 1.29 is 19.0 Å². The summed E-state index contributed by atoms with van der Waals surface area (Å²) in [5.74, 6) is -0.200. The van der Waals surface area contributed by atoms with Crippen LogP contribution in [0.5, 0.6) is 5.75 Å². The third-order valence-corrected chi connectivity index (χ3v) is 6.22. The van der Waals surface area contributed by atoms with E-state index in [0.29, 0.717) is 13.0 Å². The zero-order valence-corrected chi connectivity index (χ0v) is 19.7. The van der Waals surface area contributed by atoms with Gasteiger partial charge >= 0.3 is 5.97 Å². The van der Waals surface area contributed by atoms with E-state index in [2.05, 4.69) is 20.6 Å². The van der Waals surface area contributed by atoms with Crippen LogP contribution in [0.2, 0.25) is 0 Å². The van der Waals surface area contributed by atoms with E-state index in [-0.39, 0.29) is 12.2 Å². The molecule has 1 N–H and O–H groups in total. The molecular formula is C29H26FN3O3. The highest BCUT2D eigenvalue weighted by atomic mass is 19.1. The van der Waals surface area contributed by atoms with E-state index in [4.69, 9.17) is 9.84 Å². The smallest absolute Gasteiger partial charge is 0.303 e. The van der Waals surface area contributed by atoms with E-state index < -0.39 is 5.97 Å². The number of fused-ring (bicyclic) bond motifs is 1. The molecule has 0 atom stereocenters. The zero-order chi connectivity index (χ0) is 24.9. The molecule has 0 radical (unpaired) electrons. The Morgan fingerprint density at radius 1 is 0.889 bits per heavy atom. The number of hydrogen-bond donors (Lipinski definition) is 1. The Balaban J connectivity index is 1.24. The number of aliphatic imine (C=N–C) groups is 1. The van der Waals surface area contributed by atoms with Crippen LogP contribution in [0.25, 0.3) is 22.5 Å². The van der Waals surface area contributed by atoms with Crippen LogP contribution < -0.4 is 4.74 Å². The number of nitrogens with zero attached hydrogens (tertiary/aromatic N) is 3. The van der Waals surface area contributed by atoms with Gasteiger partial charge in [-0.1, -0.05) is 12.8 Å². The first-order chi connectivity index (χ1) is 17.6. The van der Waals surface area contributed by atoms with Gasteiger partial charge in [-0.2, -0.15) is 0 Å². The summed E-state index contributed by atoms with van der Waals surface area (Å²) in [4.78, 5) is 19.5. The van der Waals surface area contributed by atoms with Crippen LogP contribution in [0.15, 0.2) is 84.2 Å². The number of aromatic nitrogens is 2. The predicted octanol–water partition coefficient (Wildman–Crippen LogP) is 6.40.